The fourth-order valence-corrected chi connectivity index (χ4v) is 0.683. The van der Waals surface area contributed by atoms with Gasteiger partial charge in [0.05, 0.1) is 12.5 Å². The van der Waals surface area contributed by atoms with E-state index in [9.17, 15) is 13.2 Å². The Labute approximate surface area is 65.8 Å². The summed E-state index contributed by atoms with van der Waals surface area (Å²) in [6.45, 7) is 0. The predicted molar refractivity (Wildman–Crippen MR) is 32.9 cm³/mol. The van der Waals surface area contributed by atoms with Gasteiger partial charge in [0.1, 0.15) is 0 Å². The molecule has 0 radical (unpaired) electrons. The highest BCUT2D eigenvalue weighted by atomic mass is 19.4. The molecule has 0 saturated carbocycles. The minimum Gasteiger partial charge on any atom is -0.281 e. The molecule has 64 valence electrons. The first-order valence-electron chi connectivity index (χ1n) is 3.02. The molecule has 0 saturated heterocycles. The van der Waals surface area contributed by atoms with Crippen molar-refractivity contribution in [2.75, 3.05) is 0 Å². The summed E-state index contributed by atoms with van der Waals surface area (Å²) >= 11 is 0. The van der Waals surface area contributed by atoms with Gasteiger partial charge in [0.25, 0.3) is 0 Å². The third kappa shape index (κ3) is 1.75. The topological polar surface area (TPSA) is 52.5 Å². The third-order valence-electron chi connectivity index (χ3n) is 1.19. The molecule has 0 aliphatic rings. The van der Waals surface area contributed by atoms with Crippen molar-refractivity contribution < 1.29 is 13.2 Å². The average Bonchev–Trinajstić information content (AvgIpc) is 2.35. The van der Waals surface area contributed by atoms with E-state index in [1.165, 1.54) is 0 Å². The Balaban J connectivity index is 2.86. The van der Waals surface area contributed by atoms with E-state index < -0.39 is 11.9 Å². The van der Waals surface area contributed by atoms with Crippen LogP contribution in [0.2, 0.25) is 0 Å². The lowest BCUT2D eigenvalue weighted by atomic mass is 10.3. The highest BCUT2D eigenvalue weighted by Crippen LogP contribution is 2.27. The van der Waals surface area contributed by atoms with E-state index in [1.54, 1.807) is 6.07 Å². The molecule has 1 aromatic heterocycles. The summed E-state index contributed by atoms with van der Waals surface area (Å²) in [5, 5.41) is 13.3. The normalized spacial score (nSPS) is 11.2. The number of nitrogens with one attached hydrogen (secondary N) is 1. The van der Waals surface area contributed by atoms with E-state index in [0.29, 0.717) is 0 Å². The Morgan fingerprint density at radius 3 is 2.67 bits per heavy atom. The third-order valence-corrected chi connectivity index (χ3v) is 1.19. The Bertz CT molecular complexity index is 307. The van der Waals surface area contributed by atoms with E-state index in [0.717, 1.165) is 6.07 Å². The van der Waals surface area contributed by atoms with Gasteiger partial charge in [-0.1, -0.05) is 0 Å². The van der Waals surface area contributed by atoms with E-state index in [2.05, 4.69) is 10.2 Å². The Kier molecular flexibility index (Phi) is 2.04. The summed E-state index contributed by atoms with van der Waals surface area (Å²) in [5.41, 5.74) is -0.822. The molecule has 0 aliphatic carbocycles. The predicted octanol–water partition coefficient (Wildman–Crippen LogP) is 1.49. The largest absolute Gasteiger partial charge is 0.435 e. The molecule has 0 unspecified atom stereocenters. The first-order chi connectivity index (χ1) is 5.54. The van der Waals surface area contributed by atoms with Gasteiger partial charge in [0, 0.05) is 5.69 Å². The fraction of sp³-hybridized carbons (Fsp3) is 0.333. The maximum absolute atomic E-state index is 11.9. The second-order valence-corrected chi connectivity index (χ2v) is 2.11. The second kappa shape index (κ2) is 2.85. The molecular weight excluding hydrogens is 171 g/mol. The first kappa shape index (κ1) is 8.59. The molecule has 0 aromatic carbocycles. The molecule has 1 heterocycles. The van der Waals surface area contributed by atoms with Crippen molar-refractivity contribution in [1.29, 1.82) is 5.26 Å². The number of rotatable bonds is 1. The number of alkyl halides is 3. The molecule has 1 N–H and O–H groups in total. The van der Waals surface area contributed by atoms with Gasteiger partial charge in [0.15, 0.2) is 5.69 Å². The summed E-state index contributed by atoms with van der Waals surface area (Å²) in [6.07, 6.45) is -4.53. The average molecular weight is 175 g/mol. The van der Waals surface area contributed by atoms with Crippen molar-refractivity contribution >= 4 is 0 Å². The Hall–Kier alpha value is -1.51. The van der Waals surface area contributed by atoms with Gasteiger partial charge >= 0.3 is 6.18 Å². The van der Waals surface area contributed by atoms with E-state index >= 15 is 0 Å². The van der Waals surface area contributed by atoms with Gasteiger partial charge in [-0.05, 0) is 6.07 Å². The number of nitriles is 1. The molecule has 0 bridgehead atoms. The summed E-state index contributed by atoms with van der Waals surface area (Å²) in [6, 6.07) is 2.53. The van der Waals surface area contributed by atoms with Gasteiger partial charge in [-0.15, -0.1) is 0 Å². The van der Waals surface area contributed by atoms with Crippen LogP contribution in [0.5, 0.6) is 0 Å². The van der Waals surface area contributed by atoms with Crippen LogP contribution in [-0.2, 0) is 12.6 Å². The Morgan fingerprint density at radius 1 is 1.58 bits per heavy atom. The molecular formula is C6H4F3N3. The lowest BCUT2D eigenvalue weighted by molar-refractivity contribution is -0.141. The van der Waals surface area contributed by atoms with Gasteiger partial charge < -0.3 is 0 Å². The van der Waals surface area contributed by atoms with Crippen molar-refractivity contribution in [2.45, 2.75) is 12.6 Å². The van der Waals surface area contributed by atoms with Gasteiger partial charge in [-0.3, -0.25) is 5.10 Å². The summed E-state index contributed by atoms with van der Waals surface area (Å²) in [7, 11) is 0. The molecule has 0 amide bonds. The van der Waals surface area contributed by atoms with Crippen LogP contribution in [0, 0.1) is 11.3 Å². The van der Waals surface area contributed by atoms with E-state index in [1.807, 2.05) is 0 Å². The van der Waals surface area contributed by atoms with Gasteiger partial charge in [-0.2, -0.15) is 23.5 Å². The number of hydrogen-bond acceptors (Lipinski definition) is 2. The maximum Gasteiger partial charge on any atom is 0.435 e. The lowest BCUT2D eigenvalue weighted by Crippen LogP contribution is -2.04. The number of aromatic nitrogens is 2. The molecule has 0 aliphatic heterocycles. The van der Waals surface area contributed by atoms with Crippen LogP contribution in [0.4, 0.5) is 13.2 Å². The van der Waals surface area contributed by atoms with Crippen LogP contribution in [0.1, 0.15) is 11.4 Å². The van der Waals surface area contributed by atoms with Crippen LogP contribution in [0.25, 0.3) is 0 Å². The van der Waals surface area contributed by atoms with E-state index in [4.69, 9.17) is 5.26 Å². The second-order valence-electron chi connectivity index (χ2n) is 2.11. The molecule has 0 fully saturated rings. The SMILES string of the molecule is N#CCc1cc(C(F)(F)F)n[nH]1. The summed E-state index contributed by atoms with van der Waals surface area (Å²) in [4.78, 5) is 0. The van der Waals surface area contributed by atoms with Crippen LogP contribution in [-0.4, -0.2) is 10.2 Å². The van der Waals surface area contributed by atoms with Crippen molar-refractivity contribution in [2.24, 2.45) is 0 Å². The standard InChI is InChI=1S/C6H4F3N3/c7-6(8,9)5-3-4(1-2-10)11-12-5/h3H,1H2,(H,11,12). The molecule has 6 heteroatoms. The maximum atomic E-state index is 11.9. The van der Waals surface area contributed by atoms with Crippen LogP contribution < -0.4 is 0 Å². The number of halogens is 3. The van der Waals surface area contributed by atoms with Gasteiger partial charge in [-0.25, -0.2) is 0 Å². The molecule has 0 atom stereocenters. The summed E-state index contributed by atoms with van der Waals surface area (Å²) < 4.78 is 35.6. The minimum atomic E-state index is -4.44. The number of aromatic amines is 1. The van der Waals surface area contributed by atoms with Crippen molar-refractivity contribution in [3.63, 3.8) is 0 Å². The molecule has 1 rings (SSSR count). The van der Waals surface area contributed by atoms with Crippen LogP contribution >= 0.6 is 0 Å². The van der Waals surface area contributed by atoms with Crippen molar-refractivity contribution in [3.8, 4) is 6.07 Å². The fourth-order valence-electron chi connectivity index (χ4n) is 0.683. The zero-order valence-electron chi connectivity index (χ0n) is 5.81. The van der Waals surface area contributed by atoms with Crippen LogP contribution in [0.15, 0.2) is 6.07 Å². The number of nitrogens with zero attached hydrogens (tertiary/aromatic N) is 2. The van der Waals surface area contributed by atoms with E-state index in [-0.39, 0.29) is 12.1 Å². The highest BCUT2D eigenvalue weighted by Gasteiger charge is 2.33. The first-order valence-corrected chi connectivity index (χ1v) is 3.02. The van der Waals surface area contributed by atoms with Gasteiger partial charge in [0.2, 0.25) is 0 Å². The molecule has 3 nitrogen and oxygen atoms in total. The molecule has 0 spiro atoms. The van der Waals surface area contributed by atoms with Crippen molar-refractivity contribution in [3.05, 3.63) is 17.5 Å². The number of H-pyrrole nitrogens is 1. The zero-order valence-corrected chi connectivity index (χ0v) is 5.81. The monoisotopic (exact) mass is 175 g/mol. The molecule has 1 aromatic rings. The quantitative estimate of drug-likeness (QED) is 0.703. The van der Waals surface area contributed by atoms with Crippen LogP contribution in [0.3, 0.4) is 0 Å². The highest BCUT2D eigenvalue weighted by molar-refractivity contribution is 5.14. The minimum absolute atomic E-state index is 0.0942. The van der Waals surface area contributed by atoms with Crippen molar-refractivity contribution in [1.82, 2.24) is 10.2 Å². The summed E-state index contributed by atoms with van der Waals surface area (Å²) in [5.74, 6) is 0. The smallest absolute Gasteiger partial charge is 0.281 e. The Morgan fingerprint density at radius 2 is 2.25 bits per heavy atom. The number of hydrogen-bond donors (Lipinski definition) is 1. The lowest BCUT2D eigenvalue weighted by Gasteiger charge is -1.98. The molecule has 12 heavy (non-hydrogen) atoms. The zero-order chi connectivity index (χ0) is 9.19.